The minimum absolute atomic E-state index is 0.108. The van der Waals surface area contributed by atoms with E-state index in [-0.39, 0.29) is 17.6 Å². The Balaban J connectivity index is 2.18. The molecule has 20 heavy (non-hydrogen) atoms. The molecule has 2 rings (SSSR count). The molecular formula is C14H14N4O2. The van der Waals surface area contributed by atoms with Gasteiger partial charge in [0.15, 0.2) is 0 Å². The molecule has 1 heterocycles. The van der Waals surface area contributed by atoms with E-state index < -0.39 is 0 Å². The number of nitrogens with zero attached hydrogens (tertiary/aromatic N) is 1. The van der Waals surface area contributed by atoms with E-state index >= 15 is 0 Å². The summed E-state index contributed by atoms with van der Waals surface area (Å²) in [6.07, 6.45) is 1.56. The van der Waals surface area contributed by atoms with Crippen LogP contribution in [0.4, 0.5) is 5.69 Å². The Kier molecular flexibility index (Phi) is 3.95. The molecule has 1 aromatic heterocycles. The average Bonchev–Trinajstić information content (AvgIpc) is 2.41. The van der Waals surface area contributed by atoms with Crippen LogP contribution in [0, 0.1) is 5.41 Å². The fourth-order valence-corrected chi connectivity index (χ4v) is 1.60. The summed E-state index contributed by atoms with van der Waals surface area (Å²) in [7, 11) is 0. The molecule has 4 N–H and O–H groups in total. The Bertz CT molecular complexity index is 638. The molecule has 0 aliphatic heterocycles. The Morgan fingerprint density at radius 1 is 1.30 bits per heavy atom. The molecule has 6 nitrogen and oxygen atoms in total. The molecule has 0 saturated carbocycles. The Hall–Kier alpha value is -2.89. The van der Waals surface area contributed by atoms with Gasteiger partial charge in [0.1, 0.15) is 11.6 Å². The average molecular weight is 270 g/mol. The van der Waals surface area contributed by atoms with Crippen LogP contribution in [0.25, 0.3) is 0 Å². The molecule has 0 saturated heterocycles. The highest BCUT2D eigenvalue weighted by atomic mass is 16.5. The number of aromatic nitrogens is 1. The molecule has 0 aliphatic carbocycles. The second kappa shape index (κ2) is 5.83. The van der Waals surface area contributed by atoms with Gasteiger partial charge in [-0.2, -0.15) is 0 Å². The van der Waals surface area contributed by atoms with Gasteiger partial charge in [0.25, 0.3) is 0 Å². The molecule has 0 radical (unpaired) electrons. The molecule has 0 fully saturated rings. The van der Waals surface area contributed by atoms with E-state index in [2.05, 4.69) is 10.3 Å². The number of ether oxygens (including phenoxy) is 1. The van der Waals surface area contributed by atoms with E-state index in [9.17, 15) is 4.79 Å². The molecule has 102 valence electrons. The van der Waals surface area contributed by atoms with Crippen LogP contribution in [-0.2, 0) is 4.79 Å². The Morgan fingerprint density at radius 2 is 2.00 bits per heavy atom. The van der Waals surface area contributed by atoms with Crippen LogP contribution in [0.3, 0.4) is 0 Å². The van der Waals surface area contributed by atoms with Crippen LogP contribution >= 0.6 is 0 Å². The smallest absolute Gasteiger partial charge is 0.230 e. The number of amides is 1. The molecule has 0 aliphatic rings. The van der Waals surface area contributed by atoms with Crippen molar-refractivity contribution in [2.24, 2.45) is 5.73 Å². The van der Waals surface area contributed by atoms with Crippen molar-refractivity contribution in [3.8, 4) is 11.6 Å². The van der Waals surface area contributed by atoms with Crippen molar-refractivity contribution in [3.63, 3.8) is 0 Å². The first kappa shape index (κ1) is 13.5. The predicted molar refractivity (Wildman–Crippen MR) is 76.1 cm³/mol. The number of pyridine rings is 1. The fourth-order valence-electron chi connectivity index (χ4n) is 1.60. The Morgan fingerprint density at radius 3 is 2.60 bits per heavy atom. The van der Waals surface area contributed by atoms with Crippen molar-refractivity contribution in [2.75, 3.05) is 5.32 Å². The van der Waals surface area contributed by atoms with Crippen molar-refractivity contribution in [2.45, 2.75) is 6.92 Å². The number of amidine groups is 1. The van der Waals surface area contributed by atoms with Crippen molar-refractivity contribution in [1.82, 2.24) is 4.98 Å². The molecule has 2 aromatic rings. The molecule has 0 atom stereocenters. The predicted octanol–water partition coefficient (Wildman–Crippen LogP) is 2.12. The van der Waals surface area contributed by atoms with Crippen molar-refractivity contribution in [1.29, 1.82) is 5.41 Å². The number of anilines is 1. The van der Waals surface area contributed by atoms with Crippen molar-refractivity contribution in [3.05, 3.63) is 48.2 Å². The van der Waals surface area contributed by atoms with Crippen LogP contribution in [0.1, 0.15) is 12.5 Å². The number of carbonyl (C=O) groups is 1. The summed E-state index contributed by atoms with van der Waals surface area (Å²) in [6, 6.07) is 10.2. The highest BCUT2D eigenvalue weighted by Crippen LogP contribution is 2.23. The molecule has 0 unspecified atom stereocenters. The second-order valence-electron chi connectivity index (χ2n) is 4.08. The van der Waals surface area contributed by atoms with Crippen molar-refractivity contribution < 1.29 is 9.53 Å². The van der Waals surface area contributed by atoms with E-state index in [1.165, 1.54) is 6.92 Å². The molecule has 0 spiro atoms. The van der Waals surface area contributed by atoms with Crippen LogP contribution in [0.15, 0.2) is 42.6 Å². The first-order valence-electron chi connectivity index (χ1n) is 5.91. The van der Waals surface area contributed by atoms with Crippen LogP contribution in [0.5, 0.6) is 11.6 Å². The first-order chi connectivity index (χ1) is 9.56. The van der Waals surface area contributed by atoms with Gasteiger partial charge in [-0.15, -0.1) is 0 Å². The minimum Gasteiger partial charge on any atom is -0.438 e. The third-order valence-electron chi connectivity index (χ3n) is 2.45. The zero-order valence-corrected chi connectivity index (χ0v) is 10.9. The number of hydrogen-bond donors (Lipinski definition) is 3. The monoisotopic (exact) mass is 270 g/mol. The van der Waals surface area contributed by atoms with E-state index in [1.54, 1.807) is 42.6 Å². The first-order valence-corrected chi connectivity index (χ1v) is 5.91. The van der Waals surface area contributed by atoms with E-state index in [0.717, 1.165) is 0 Å². The highest BCUT2D eigenvalue weighted by Gasteiger charge is 2.08. The lowest BCUT2D eigenvalue weighted by atomic mass is 10.2. The summed E-state index contributed by atoms with van der Waals surface area (Å²) in [6.45, 7) is 1.44. The number of nitrogens with two attached hydrogens (primary N) is 1. The lowest BCUT2D eigenvalue weighted by Gasteiger charge is -2.09. The lowest BCUT2D eigenvalue weighted by molar-refractivity contribution is -0.114. The van der Waals surface area contributed by atoms with E-state index in [0.29, 0.717) is 17.0 Å². The van der Waals surface area contributed by atoms with Gasteiger partial charge in [0, 0.05) is 18.8 Å². The quantitative estimate of drug-likeness (QED) is 0.585. The summed E-state index contributed by atoms with van der Waals surface area (Å²) in [5.74, 6) is 0.567. The number of carbonyl (C=O) groups excluding carboxylic acids is 1. The third kappa shape index (κ3) is 3.32. The van der Waals surface area contributed by atoms with E-state index in [1.807, 2.05) is 0 Å². The van der Waals surface area contributed by atoms with Gasteiger partial charge in [-0.1, -0.05) is 0 Å². The summed E-state index contributed by atoms with van der Waals surface area (Å²) >= 11 is 0. The van der Waals surface area contributed by atoms with E-state index in [4.69, 9.17) is 15.9 Å². The number of nitrogens with one attached hydrogen (secondary N) is 2. The largest absolute Gasteiger partial charge is 0.438 e. The van der Waals surface area contributed by atoms with Gasteiger partial charge in [0.2, 0.25) is 11.8 Å². The third-order valence-corrected chi connectivity index (χ3v) is 2.45. The normalized spacial score (nSPS) is 9.85. The summed E-state index contributed by atoms with van der Waals surface area (Å²) in [5.41, 5.74) is 6.57. The van der Waals surface area contributed by atoms with Gasteiger partial charge in [-0.3, -0.25) is 10.2 Å². The number of rotatable bonds is 4. The zero-order valence-electron chi connectivity index (χ0n) is 10.9. The maximum atomic E-state index is 10.9. The van der Waals surface area contributed by atoms with Crippen LogP contribution in [0.2, 0.25) is 0 Å². The summed E-state index contributed by atoms with van der Waals surface area (Å²) < 4.78 is 5.59. The SMILES string of the molecule is CC(=O)Nc1ccc(Oc2ncccc2C(=N)N)cc1. The molecule has 0 bridgehead atoms. The van der Waals surface area contributed by atoms with Gasteiger partial charge >= 0.3 is 0 Å². The molecule has 1 aromatic carbocycles. The zero-order chi connectivity index (χ0) is 14.5. The molecule has 1 amide bonds. The van der Waals surface area contributed by atoms with Crippen molar-refractivity contribution >= 4 is 17.4 Å². The van der Waals surface area contributed by atoms with Gasteiger partial charge in [0.05, 0.1) is 5.56 Å². The maximum Gasteiger partial charge on any atom is 0.230 e. The van der Waals surface area contributed by atoms with Crippen LogP contribution in [-0.4, -0.2) is 16.7 Å². The second-order valence-corrected chi connectivity index (χ2v) is 4.08. The molecule has 6 heteroatoms. The number of benzene rings is 1. The summed E-state index contributed by atoms with van der Waals surface area (Å²) in [4.78, 5) is 15.0. The summed E-state index contributed by atoms with van der Waals surface area (Å²) in [5, 5.41) is 10.1. The maximum absolute atomic E-state index is 10.9. The topological polar surface area (TPSA) is 101 Å². The Labute approximate surface area is 116 Å². The van der Waals surface area contributed by atoms with Gasteiger partial charge in [-0.05, 0) is 36.4 Å². The lowest BCUT2D eigenvalue weighted by Crippen LogP contribution is -2.12. The minimum atomic E-state index is -0.137. The van der Waals surface area contributed by atoms with Crippen LogP contribution < -0.4 is 15.8 Å². The van der Waals surface area contributed by atoms with Gasteiger partial charge in [-0.25, -0.2) is 4.98 Å². The number of hydrogen-bond acceptors (Lipinski definition) is 4. The fraction of sp³-hybridized carbons (Fsp3) is 0.0714. The number of nitrogen functional groups attached to an aromatic ring is 1. The molecular weight excluding hydrogens is 256 g/mol. The van der Waals surface area contributed by atoms with Gasteiger partial charge < -0.3 is 15.8 Å². The standard InChI is InChI=1S/C14H14N4O2/c1-9(19)18-10-4-6-11(7-5-10)20-14-12(13(15)16)3-2-8-17-14/h2-8H,1H3,(H3,15,16)(H,18,19). The highest BCUT2D eigenvalue weighted by molar-refractivity contribution is 5.97.